The first-order chi connectivity index (χ1) is 13.0. The van der Waals surface area contributed by atoms with Crippen LogP contribution in [0.2, 0.25) is 0 Å². The Hall–Kier alpha value is -2.70. The van der Waals surface area contributed by atoms with Gasteiger partial charge in [0.2, 0.25) is 0 Å². The van der Waals surface area contributed by atoms with E-state index in [2.05, 4.69) is 15.4 Å². The number of aromatic nitrogens is 3. The lowest BCUT2D eigenvalue weighted by atomic mass is 9.65. The molecule has 0 bridgehead atoms. The van der Waals surface area contributed by atoms with Gasteiger partial charge in [0.15, 0.2) is 0 Å². The minimum absolute atomic E-state index is 0.0601. The molecule has 142 valence electrons. The van der Waals surface area contributed by atoms with Gasteiger partial charge < -0.3 is 10.2 Å². The van der Waals surface area contributed by atoms with Crippen molar-refractivity contribution in [2.75, 3.05) is 13.1 Å². The van der Waals surface area contributed by atoms with Gasteiger partial charge in [-0.3, -0.25) is 19.3 Å². The van der Waals surface area contributed by atoms with Crippen molar-refractivity contribution in [3.63, 3.8) is 0 Å². The number of pyridine rings is 1. The summed E-state index contributed by atoms with van der Waals surface area (Å²) in [6, 6.07) is 3.97. The van der Waals surface area contributed by atoms with Crippen LogP contribution in [0.3, 0.4) is 0 Å². The molecule has 1 saturated carbocycles. The highest BCUT2D eigenvalue weighted by molar-refractivity contribution is 5.94. The lowest BCUT2D eigenvalue weighted by Gasteiger charge is -2.45. The summed E-state index contributed by atoms with van der Waals surface area (Å²) in [5.74, 6) is -0.0131. The predicted molar refractivity (Wildman–Crippen MR) is 100 cm³/mol. The van der Waals surface area contributed by atoms with Gasteiger partial charge in [-0.1, -0.05) is 6.92 Å². The second-order valence-electron chi connectivity index (χ2n) is 7.85. The maximum absolute atomic E-state index is 12.7. The number of hydrogen-bond donors (Lipinski definition) is 1. The smallest absolute Gasteiger partial charge is 0.255 e. The Bertz CT molecular complexity index is 852. The summed E-state index contributed by atoms with van der Waals surface area (Å²) < 4.78 is 1.62. The average molecular weight is 367 g/mol. The molecule has 0 radical (unpaired) electrons. The fourth-order valence-corrected chi connectivity index (χ4v) is 4.28. The van der Waals surface area contributed by atoms with Crippen LogP contribution in [0.15, 0.2) is 30.7 Å². The normalized spacial score (nSPS) is 24.1. The first-order valence-corrected chi connectivity index (χ1v) is 9.52. The van der Waals surface area contributed by atoms with Crippen LogP contribution in [0, 0.1) is 5.41 Å². The maximum Gasteiger partial charge on any atom is 0.255 e. The molecule has 1 saturated heterocycles. The summed E-state index contributed by atoms with van der Waals surface area (Å²) in [6.45, 7) is 3.59. The minimum Gasteiger partial charge on any atom is -0.349 e. The lowest BCUT2D eigenvalue weighted by Crippen LogP contribution is -2.52. The van der Waals surface area contributed by atoms with E-state index in [1.165, 1.54) is 0 Å². The molecule has 0 aromatic carbocycles. The maximum atomic E-state index is 12.7. The van der Waals surface area contributed by atoms with Crippen molar-refractivity contribution >= 4 is 11.8 Å². The monoisotopic (exact) mass is 367 g/mol. The zero-order valence-electron chi connectivity index (χ0n) is 15.8. The summed E-state index contributed by atoms with van der Waals surface area (Å²) in [7, 11) is 1.80. The van der Waals surface area contributed by atoms with Crippen molar-refractivity contribution in [3.8, 4) is 0 Å². The Morgan fingerprint density at radius 2 is 2.07 bits per heavy atom. The van der Waals surface area contributed by atoms with E-state index in [-0.39, 0.29) is 23.3 Å². The fourth-order valence-electron chi connectivity index (χ4n) is 4.28. The molecule has 2 aromatic heterocycles. The van der Waals surface area contributed by atoms with E-state index < -0.39 is 0 Å². The molecule has 2 aliphatic rings. The molecule has 1 spiro atoms. The lowest BCUT2D eigenvalue weighted by molar-refractivity contribution is 0.0609. The van der Waals surface area contributed by atoms with Gasteiger partial charge in [0.25, 0.3) is 11.8 Å². The predicted octanol–water partition coefficient (Wildman–Crippen LogP) is 1.80. The molecule has 2 amide bonds. The van der Waals surface area contributed by atoms with Crippen molar-refractivity contribution in [2.45, 2.75) is 38.6 Å². The third kappa shape index (κ3) is 3.46. The van der Waals surface area contributed by atoms with Crippen LogP contribution in [0.4, 0.5) is 0 Å². The number of carbonyl (C=O) groups is 2. The molecule has 7 heteroatoms. The first kappa shape index (κ1) is 17.7. The standard InChI is InChI=1S/C20H25N5O2/c1-3-16-5-4-14(10-21-16)19(27)25-7-6-20(13-25)8-17(9-20)23-18(26)15-11-22-24(2)12-15/h4-5,10-12,17H,3,6-9,13H2,1-2H3,(H,23,26). The number of aryl methyl sites for hydroxylation is 2. The quantitative estimate of drug-likeness (QED) is 0.894. The van der Waals surface area contributed by atoms with Crippen LogP contribution >= 0.6 is 0 Å². The van der Waals surface area contributed by atoms with Gasteiger partial charge >= 0.3 is 0 Å². The molecule has 1 aliphatic carbocycles. The minimum atomic E-state index is -0.0732. The van der Waals surface area contributed by atoms with Crippen molar-refractivity contribution in [2.24, 2.45) is 12.5 Å². The molecule has 1 N–H and O–H groups in total. The molecule has 4 rings (SSSR count). The van der Waals surface area contributed by atoms with Crippen LogP contribution < -0.4 is 5.32 Å². The van der Waals surface area contributed by atoms with Gasteiger partial charge in [-0.2, -0.15) is 5.10 Å². The van der Waals surface area contributed by atoms with Crippen molar-refractivity contribution in [1.29, 1.82) is 0 Å². The number of hydrogen-bond acceptors (Lipinski definition) is 4. The van der Waals surface area contributed by atoms with Gasteiger partial charge in [-0.05, 0) is 43.2 Å². The number of nitrogens with one attached hydrogen (secondary N) is 1. The van der Waals surface area contributed by atoms with Crippen LogP contribution in [0.5, 0.6) is 0 Å². The van der Waals surface area contributed by atoms with Crippen LogP contribution in [-0.2, 0) is 13.5 Å². The second kappa shape index (κ2) is 6.79. The number of nitrogens with zero attached hydrogens (tertiary/aromatic N) is 4. The molecule has 2 fully saturated rings. The summed E-state index contributed by atoms with van der Waals surface area (Å²) in [5, 5.41) is 7.12. The Morgan fingerprint density at radius 1 is 1.26 bits per heavy atom. The Morgan fingerprint density at radius 3 is 2.70 bits per heavy atom. The van der Waals surface area contributed by atoms with Crippen LogP contribution in [0.25, 0.3) is 0 Å². The van der Waals surface area contributed by atoms with Gasteiger partial charge in [0, 0.05) is 44.3 Å². The van der Waals surface area contributed by atoms with Crippen LogP contribution in [-0.4, -0.2) is 50.6 Å². The van der Waals surface area contributed by atoms with E-state index >= 15 is 0 Å². The first-order valence-electron chi connectivity index (χ1n) is 9.52. The largest absolute Gasteiger partial charge is 0.349 e. The number of carbonyl (C=O) groups excluding carboxylic acids is 2. The van der Waals surface area contributed by atoms with E-state index in [0.29, 0.717) is 11.1 Å². The van der Waals surface area contributed by atoms with Gasteiger partial charge in [-0.25, -0.2) is 0 Å². The molecule has 1 aliphatic heterocycles. The molecule has 3 heterocycles. The Labute approximate surface area is 158 Å². The molecule has 0 atom stereocenters. The number of likely N-dealkylation sites (tertiary alicyclic amines) is 1. The van der Waals surface area contributed by atoms with E-state index in [0.717, 1.165) is 44.5 Å². The third-order valence-electron chi connectivity index (χ3n) is 5.82. The molecule has 0 unspecified atom stereocenters. The van der Waals surface area contributed by atoms with Gasteiger partial charge in [0.1, 0.15) is 0 Å². The summed E-state index contributed by atoms with van der Waals surface area (Å²) >= 11 is 0. The van der Waals surface area contributed by atoms with Crippen LogP contribution in [0.1, 0.15) is 52.6 Å². The third-order valence-corrected chi connectivity index (χ3v) is 5.82. The topological polar surface area (TPSA) is 80.1 Å². The van der Waals surface area contributed by atoms with Crippen molar-refractivity contribution < 1.29 is 9.59 Å². The number of amides is 2. The summed E-state index contributed by atoms with van der Waals surface area (Å²) in [5.41, 5.74) is 2.39. The SMILES string of the molecule is CCc1ccc(C(=O)N2CCC3(CC(NC(=O)c4cnn(C)c4)C3)C2)cn1. The zero-order valence-corrected chi connectivity index (χ0v) is 15.8. The highest BCUT2D eigenvalue weighted by Gasteiger charge is 2.49. The zero-order chi connectivity index (χ0) is 19.0. The van der Waals surface area contributed by atoms with Crippen molar-refractivity contribution in [3.05, 3.63) is 47.5 Å². The van der Waals surface area contributed by atoms with E-state index in [9.17, 15) is 9.59 Å². The number of rotatable bonds is 4. The van der Waals surface area contributed by atoms with E-state index in [1.807, 2.05) is 24.0 Å². The van der Waals surface area contributed by atoms with E-state index in [4.69, 9.17) is 0 Å². The summed E-state index contributed by atoms with van der Waals surface area (Å²) in [6.07, 6.45) is 8.70. The average Bonchev–Trinajstić information content (AvgIpc) is 3.28. The Kier molecular flexibility index (Phi) is 4.45. The summed E-state index contributed by atoms with van der Waals surface area (Å²) in [4.78, 5) is 31.2. The van der Waals surface area contributed by atoms with Gasteiger partial charge in [-0.15, -0.1) is 0 Å². The molecule has 27 heavy (non-hydrogen) atoms. The molecular weight excluding hydrogens is 342 g/mol. The van der Waals surface area contributed by atoms with E-state index in [1.54, 1.807) is 30.3 Å². The molecule has 7 nitrogen and oxygen atoms in total. The van der Waals surface area contributed by atoms with Crippen molar-refractivity contribution in [1.82, 2.24) is 25.0 Å². The molecule has 2 aromatic rings. The second-order valence-corrected chi connectivity index (χ2v) is 7.85. The highest BCUT2D eigenvalue weighted by Crippen LogP contribution is 2.48. The van der Waals surface area contributed by atoms with Gasteiger partial charge in [0.05, 0.1) is 17.3 Å². The molecular formula is C20H25N5O2. The Balaban J connectivity index is 1.31. The highest BCUT2D eigenvalue weighted by atomic mass is 16.2. The fraction of sp³-hybridized carbons (Fsp3) is 0.500.